The van der Waals surface area contributed by atoms with Gasteiger partial charge in [0.25, 0.3) is 0 Å². The summed E-state index contributed by atoms with van der Waals surface area (Å²) in [5.41, 5.74) is 6.99. The lowest BCUT2D eigenvalue weighted by molar-refractivity contribution is 0.478. The maximum absolute atomic E-state index is 10.6. The van der Waals surface area contributed by atoms with Crippen molar-refractivity contribution >= 4 is 21.9 Å². The second-order valence-corrected chi connectivity index (χ2v) is 7.69. The van der Waals surface area contributed by atoms with Crippen molar-refractivity contribution in [3.63, 3.8) is 0 Å². The molecule has 0 saturated carbocycles. The SMILES string of the molecule is Oc1cc2nccnc2cc1-c1cccc(-c2cccc(-c3cc4ccccc4nn3)c2)n1. The summed E-state index contributed by atoms with van der Waals surface area (Å²) in [6.45, 7) is 0. The first-order valence-electron chi connectivity index (χ1n) is 10.5. The minimum absolute atomic E-state index is 0.118. The van der Waals surface area contributed by atoms with E-state index >= 15 is 0 Å². The van der Waals surface area contributed by atoms with Crippen LogP contribution in [0, 0.1) is 0 Å². The van der Waals surface area contributed by atoms with E-state index in [0.29, 0.717) is 22.3 Å². The smallest absolute Gasteiger partial charge is 0.127 e. The van der Waals surface area contributed by atoms with Crippen molar-refractivity contribution in [2.45, 2.75) is 0 Å². The monoisotopic (exact) mass is 427 g/mol. The minimum Gasteiger partial charge on any atom is -0.507 e. The molecule has 6 rings (SSSR count). The molecule has 0 bridgehead atoms. The number of benzene rings is 3. The molecule has 0 aliphatic rings. The van der Waals surface area contributed by atoms with Crippen molar-refractivity contribution in [3.8, 4) is 39.5 Å². The minimum atomic E-state index is 0.118. The highest BCUT2D eigenvalue weighted by atomic mass is 16.3. The van der Waals surface area contributed by atoms with Crippen LogP contribution in [-0.2, 0) is 0 Å². The van der Waals surface area contributed by atoms with Crippen molar-refractivity contribution < 1.29 is 5.11 Å². The highest BCUT2D eigenvalue weighted by molar-refractivity contribution is 5.85. The number of pyridine rings is 1. The third-order valence-corrected chi connectivity index (χ3v) is 5.56. The molecular weight excluding hydrogens is 410 g/mol. The van der Waals surface area contributed by atoms with Crippen LogP contribution in [-0.4, -0.2) is 30.3 Å². The molecule has 3 aromatic carbocycles. The molecule has 0 aliphatic heterocycles. The van der Waals surface area contributed by atoms with Crippen molar-refractivity contribution in [1.29, 1.82) is 0 Å². The zero-order chi connectivity index (χ0) is 22.2. The van der Waals surface area contributed by atoms with Gasteiger partial charge in [-0.05, 0) is 36.4 Å². The first-order valence-corrected chi connectivity index (χ1v) is 10.5. The molecule has 6 aromatic rings. The number of phenols is 1. The molecule has 0 saturated heterocycles. The second kappa shape index (κ2) is 7.76. The van der Waals surface area contributed by atoms with Crippen LogP contribution < -0.4 is 0 Å². The van der Waals surface area contributed by atoms with Gasteiger partial charge in [-0.25, -0.2) is 4.98 Å². The number of hydrogen-bond donors (Lipinski definition) is 1. The quantitative estimate of drug-likeness (QED) is 0.391. The van der Waals surface area contributed by atoms with Crippen LogP contribution in [0.4, 0.5) is 0 Å². The highest BCUT2D eigenvalue weighted by Gasteiger charge is 2.11. The van der Waals surface area contributed by atoms with Gasteiger partial charge in [0.05, 0.1) is 33.6 Å². The van der Waals surface area contributed by atoms with Gasteiger partial charge in [-0.1, -0.05) is 42.5 Å². The Labute approximate surface area is 189 Å². The van der Waals surface area contributed by atoms with Gasteiger partial charge in [0.2, 0.25) is 0 Å². The molecule has 0 aliphatic carbocycles. The first kappa shape index (κ1) is 19.0. The number of aromatic hydroxyl groups is 1. The number of nitrogens with zero attached hydrogens (tertiary/aromatic N) is 5. The molecule has 156 valence electrons. The van der Waals surface area contributed by atoms with E-state index in [1.54, 1.807) is 18.5 Å². The van der Waals surface area contributed by atoms with Crippen LogP contribution in [0.5, 0.6) is 5.75 Å². The van der Waals surface area contributed by atoms with Gasteiger partial charge in [0, 0.05) is 40.5 Å². The van der Waals surface area contributed by atoms with Crippen LogP contribution in [0.3, 0.4) is 0 Å². The number of fused-ring (bicyclic) bond motifs is 2. The lowest BCUT2D eigenvalue weighted by Gasteiger charge is -2.09. The Hall–Kier alpha value is -4.71. The van der Waals surface area contributed by atoms with Gasteiger partial charge in [0.1, 0.15) is 5.75 Å². The van der Waals surface area contributed by atoms with E-state index < -0.39 is 0 Å². The molecule has 0 fully saturated rings. The Morgan fingerprint density at radius 2 is 1.27 bits per heavy atom. The molecule has 0 atom stereocenters. The van der Waals surface area contributed by atoms with Crippen LogP contribution in [0.2, 0.25) is 0 Å². The third-order valence-electron chi connectivity index (χ3n) is 5.56. The van der Waals surface area contributed by atoms with Crippen LogP contribution in [0.15, 0.2) is 97.3 Å². The van der Waals surface area contributed by atoms with Crippen molar-refractivity contribution in [2.75, 3.05) is 0 Å². The summed E-state index contributed by atoms with van der Waals surface area (Å²) < 4.78 is 0. The fourth-order valence-electron chi connectivity index (χ4n) is 3.91. The summed E-state index contributed by atoms with van der Waals surface area (Å²) in [5.74, 6) is 0.118. The number of rotatable bonds is 3. The van der Waals surface area contributed by atoms with Gasteiger partial charge in [0.15, 0.2) is 0 Å². The zero-order valence-corrected chi connectivity index (χ0v) is 17.4. The van der Waals surface area contributed by atoms with Crippen molar-refractivity contribution in [1.82, 2.24) is 25.1 Å². The Morgan fingerprint density at radius 3 is 2.15 bits per heavy atom. The van der Waals surface area contributed by atoms with Gasteiger partial charge in [-0.3, -0.25) is 9.97 Å². The Morgan fingerprint density at radius 1 is 0.545 bits per heavy atom. The molecule has 33 heavy (non-hydrogen) atoms. The Balaban J connectivity index is 1.41. The maximum Gasteiger partial charge on any atom is 0.127 e. The predicted molar refractivity (Wildman–Crippen MR) is 128 cm³/mol. The lowest BCUT2D eigenvalue weighted by atomic mass is 10.0. The average Bonchev–Trinajstić information content (AvgIpc) is 2.88. The van der Waals surface area contributed by atoms with Crippen LogP contribution >= 0.6 is 0 Å². The lowest BCUT2D eigenvalue weighted by Crippen LogP contribution is -1.92. The maximum atomic E-state index is 10.6. The molecule has 1 N–H and O–H groups in total. The van der Waals surface area contributed by atoms with Gasteiger partial charge in [-0.15, -0.1) is 10.2 Å². The highest BCUT2D eigenvalue weighted by Crippen LogP contribution is 2.33. The van der Waals surface area contributed by atoms with Crippen LogP contribution in [0.25, 0.3) is 55.7 Å². The van der Waals surface area contributed by atoms with E-state index in [4.69, 9.17) is 4.98 Å². The molecular formula is C27H17N5O. The number of hydrogen-bond acceptors (Lipinski definition) is 6. The number of aromatic nitrogens is 5. The molecule has 3 heterocycles. The first-order chi connectivity index (χ1) is 16.2. The summed E-state index contributed by atoms with van der Waals surface area (Å²) in [4.78, 5) is 13.4. The molecule has 0 unspecified atom stereocenters. The van der Waals surface area contributed by atoms with Crippen molar-refractivity contribution in [3.05, 3.63) is 97.3 Å². The topological polar surface area (TPSA) is 84.7 Å². The summed E-state index contributed by atoms with van der Waals surface area (Å²) in [7, 11) is 0. The van der Waals surface area contributed by atoms with E-state index in [-0.39, 0.29) is 5.75 Å². The van der Waals surface area contributed by atoms with Gasteiger partial charge >= 0.3 is 0 Å². The van der Waals surface area contributed by atoms with Crippen molar-refractivity contribution in [2.24, 2.45) is 0 Å². The standard InChI is InChI=1S/C27H17N5O/c33-27-16-26-25(28-11-12-29-26)15-20(27)23-10-4-9-21(30-23)17-6-3-7-18(13-17)24-14-19-5-1-2-8-22(19)31-32-24/h1-16,33H. The fourth-order valence-corrected chi connectivity index (χ4v) is 3.91. The molecule has 0 radical (unpaired) electrons. The summed E-state index contributed by atoms with van der Waals surface area (Å²) in [6.07, 6.45) is 3.24. The largest absolute Gasteiger partial charge is 0.507 e. The van der Waals surface area contributed by atoms with Gasteiger partial charge in [-0.2, -0.15) is 0 Å². The molecule has 0 spiro atoms. The molecule has 3 aromatic heterocycles. The van der Waals surface area contributed by atoms with Crippen LogP contribution in [0.1, 0.15) is 0 Å². The van der Waals surface area contributed by atoms with E-state index in [2.05, 4.69) is 26.2 Å². The molecule has 0 amide bonds. The zero-order valence-electron chi connectivity index (χ0n) is 17.4. The van der Waals surface area contributed by atoms with Gasteiger partial charge < -0.3 is 5.11 Å². The third kappa shape index (κ3) is 3.53. The average molecular weight is 427 g/mol. The summed E-state index contributed by atoms with van der Waals surface area (Å²) in [6, 6.07) is 27.2. The Kier molecular flexibility index (Phi) is 4.47. The van der Waals surface area contributed by atoms with E-state index in [1.165, 1.54) is 0 Å². The predicted octanol–water partition coefficient (Wildman–Crippen LogP) is 5.67. The summed E-state index contributed by atoms with van der Waals surface area (Å²) >= 11 is 0. The van der Waals surface area contributed by atoms with E-state index in [0.717, 1.165) is 33.4 Å². The molecule has 6 nitrogen and oxygen atoms in total. The van der Waals surface area contributed by atoms with E-state index in [1.807, 2.05) is 72.8 Å². The summed E-state index contributed by atoms with van der Waals surface area (Å²) in [5, 5.41) is 20.4. The van der Waals surface area contributed by atoms with E-state index in [9.17, 15) is 5.11 Å². The fraction of sp³-hybridized carbons (Fsp3) is 0. The molecule has 6 heteroatoms. The Bertz CT molecular complexity index is 1650. The second-order valence-electron chi connectivity index (χ2n) is 7.69. The number of phenolic OH excluding ortho intramolecular Hbond substituents is 1. The normalized spacial score (nSPS) is 11.2.